The molecule has 0 N–H and O–H groups in total. The minimum Gasteiger partial charge on any atom is -0.371 e. The van der Waals surface area contributed by atoms with E-state index in [1.54, 1.807) is 30.3 Å². The number of hydrogen-bond donors (Lipinski definition) is 0. The van der Waals surface area contributed by atoms with Crippen molar-refractivity contribution in [1.82, 2.24) is 4.90 Å². The van der Waals surface area contributed by atoms with Gasteiger partial charge in [0.05, 0.1) is 5.56 Å². The van der Waals surface area contributed by atoms with Gasteiger partial charge in [-0.2, -0.15) is 13.2 Å². The highest BCUT2D eigenvalue weighted by Gasteiger charge is 2.34. The molecule has 0 saturated carbocycles. The summed E-state index contributed by atoms with van der Waals surface area (Å²) in [6.45, 7) is 3.59. The van der Waals surface area contributed by atoms with Crippen molar-refractivity contribution in [2.75, 3.05) is 43.0 Å². The molecular formula is C24H27ClF3N3O. The third-order valence-corrected chi connectivity index (χ3v) is 6.71. The summed E-state index contributed by atoms with van der Waals surface area (Å²) in [6, 6.07) is 10.8. The molecule has 32 heavy (non-hydrogen) atoms. The van der Waals surface area contributed by atoms with Gasteiger partial charge in [0.2, 0.25) is 0 Å². The van der Waals surface area contributed by atoms with E-state index < -0.39 is 17.6 Å². The van der Waals surface area contributed by atoms with E-state index in [2.05, 4.69) is 4.90 Å². The Labute approximate surface area is 191 Å². The molecule has 4 rings (SSSR count). The SMILES string of the molecule is CN(C(=O)c1cc(N2CCC(N3CCCC3)CC2)cc(C(F)(F)F)c1)c1cccc(Cl)c1. The monoisotopic (exact) mass is 465 g/mol. The standard InChI is InChI=1S/C24H27ClF3N3O/c1-29(21-6-4-5-19(25)16-21)23(32)17-13-18(24(26,27)28)15-22(14-17)31-11-7-20(8-12-31)30-9-2-3-10-30/h4-6,13-16,20H,2-3,7-12H2,1H3. The van der Waals surface area contributed by atoms with Gasteiger partial charge in [0, 0.05) is 48.1 Å². The fourth-order valence-electron chi connectivity index (χ4n) is 4.67. The van der Waals surface area contributed by atoms with E-state index in [0.29, 0.717) is 35.5 Å². The Bertz CT molecular complexity index is 967. The summed E-state index contributed by atoms with van der Waals surface area (Å²) in [5.41, 5.74) is 0.175. The number of carbonyl (C=O) groups excluding carboxylic acids is 1. The summed E-state index contributed by atoms with van der Waals surface area (Å²) in [5, 5.41) is 0.452. The Morgan fingerprint density at radius 1 is 1.03 bits per heavy atom. The lowest BCUT2D eigenvalue weighted by Gasteiger charge is -2.38. The Kier molecular flexibility index (Phi) is 6.67. The van der Waals surface area contributed by atoms with Gasteiger partial charge in [-0.15, -0.1) is 0 Å². The second-order valence-corrected chi connectivity index (χ2v) is 9.01. The molecule has 8 heteroatoms. The van der Waals surface area contributed by atoms with E-state index in [4.69, 9.17) is 11.6 Å². The van der Waals surface area contributed by atoms with Gasteiger partial charge in [0.1, 0.15) is 0 Å². The van der Waals surface area contributed by atoms with Crippen LogP contribution in [0.15, 0.2) is 42.5 Å². The first-order valence-electron chi connectivity index (χ1n) is 11.0. The van der Waals surface area contributed by atoms with E-state index >= 15 is 0 Å². The molecule has 2 fully saturated rings. The number of alkyl halides is 3. The van der Waals surface area contributed by atoms with Crippen LogP contribution in [0.2, 0.25) is 5.02 Å². The number of anilines is 2. The Morgan fingerprint density at radius 2 is 1.72 bits per heavy atom. The van der Waals surface area contributed by atoms with Crippen molar-refractivity contribution >= 4 is 28.9 Å². The lowest BCUT2D eigenvalue weighted by Crippen LogP contribution is -2.44. The quantitative estimate of drug-likeness (QED) is 0.579. The number of halogens is 4. The number of piperidine rings is 1. The van der Waals surface area contributed by atoms with Gasteiger partial charge in [-0.25, -0.2) is 0 Å². The zero-order valence-electron chi connectivity index (χ0n) is 18.0. The van der Waals surface area contributed by atoms with Crippen molar-refractivity contribution in [3.8, 4) is 0 Å². The number of amides is 1. The summed E-state index contributed by atoms with van der Waals surface area (Å²) in [6.07, 6.45) is -0.254. The molecule has 2 aromatic rings. The van der Waals surface area contributed by atoms with Crippen LogP contribution in [0.1, 0.15) is 41.6 Å². The Hall–Kier alpha value is -2.25. The minimum atomic E-state index is -4.53. The molecule has 0 aromatic heterocycles. The van der Waals surface area contributed by atoms with Gasteiger partial charge >= 0.3 is 6.18 Å². The lowest BCUT2D eigenvalue weighted by molar-refractivity contribution is -0.137. The molecule has 0 unspecified atom stereocenters. The molecule has 0 atom stereocenters. The van der Waals surface area contributed by atoms with Crippen molar-refractivity contribution in [2.24, 2.45) is 0 Å². The number of nitrogens with zero attached hydrogens (tertiary/aromatic N) is 3. The van der Waals surface area contributed by atoms with Crippen LogP contribution >= 0.6 is 11.6 Å². The smallest absolute Gasteiger partial charge is 0.371 e. The lowest BCUT2D eigenvalue weighted by atomic mass is 10.0. The molecule has 2 heterocycles. The first kappa shape index (κ1) is 22.9. The fourth-order valence-corrected chi connectivity index (χ4v) is 4.86. The molecular weight excluding hydrogens is 439 g/mol. The third kappa shape index (κ3) is 5.04. The van der Waals surface area contributed by atoms with Crippen LogP contribution in [-0.4, -0.2) is 50.1 Å². The largest absolute Gasteiger partial charge is 0.416 e. The highest BCUT2D eigenvalue weighted by Crippen LogP contribution is 2.35. The molecule has 0 radical (unpaired) electrons. The molecule has 2 aromatic carbocycles. The zero-order chi connectivity index (χ0) is 22.9. The summed E-state index contributed by atoms with van der Waals surface area (Å²) < 4.78 is 41.0. The van der Waals surface area contributed by atoms with Gasteiger partial charge in [0.25, 0.3) is 5.91 Å². The van der Waals surface area contributed by atoms with Gasteiger partial charge in [-0.05, 0) is 75.2 Å². The number of hydrogen-bond acceptors (Lipinski definition) is 3. The highest BCUT2D eigenvalue weighted by atomic mass is 35.5. The molecule has 2 aliphatic rings. The number of carbonyl (C=O) groups is 1. The molecule has 4 nitrogen and oxygen atoms in total. The topological polar surface area (TPSA) is 26.8 Å². The Balaban J connectivity index is 1.58. The van der Waals surface area contributed by atoms with E-state index in [9.17, 15) is 18.0 Å². The van der Waals surface area contributed by atoms with Crippen molar-refractivity contribution < 1.29 is 18.0 Å². The van der Waals surface area contributed by atoms with Crippen molar-refractivity contribution in [3.05, 3.63) is 58.6 Å². The van der Waals surface area contributed by atoms with Crippen molar-refractivity contribution in [3.63, 3.8) is 0 Å². The summed E-state index contributed by atoms with van der Waals surface area (Å²) in [4.78, 5) is 18.9. The van der Waals surface area contributed by atoms with Crippen LogP contribution < -0.4 is 9.80 Å². The zero-order valence-corrected chi connectivity index (χ0v) is 18.8. The van der Waals surface area contributed by atoms with Gasteiger partial charge in [-0.3, -0.25) is 4.79 Å². The van der Waals surface area contributed by atoms with Crippen LogP contribution in [0.4, 0.5) is 24.5 Å². The number of rotatable bonds is 4. The summed E-state index contributed by atoms with van der Waals surface area (Å²) >= 11 is 6.01. The first-order chi connectivity index (χ1) is 15.2. The second-order valence-electron chi connectivity index (χ2n) is 8.57. The summed E-state index contributed by atoms with van der Waals surface area (Å²) in [7, 11) is 1.54. The molecule has 2 aliphatic heterocycles. The van der Waals surface area contributed by atoms with Crippen LogP contribution in [0.5, 0.6) is 0 Å². The average Bonchev–Trinajstić information content (AvgIpc) is 3.32. The molecule has 172 valence electrons. The maximum absolute atomic E-state index is 13.7. The van der Waals surface area contributed by atoms with Crippen LogP contribution in [0, 0.1) is 0 Å². The van der Waals surface area contributed by atoms with Crippen LogP contribution in [-0.2, 0) is 6.18 Å². The maximum atomic E-state index is 13.7. The normalized spacial score (nSPS) is 18.2. The molecule has 2 saturated heterocycles. The van der Waals surface area contributed by atoms with E-state index in [-0.39, 0.29) is 5.56 Å². The van der Waals surface area contributed by atoms with Crippen molar-refractivity contribution in [1.29, 1.82) is 0 Å². The molecule has 0 spiro atoms. The van der Waals surface area contributed by atoms with Crippen LogP contribution in [0.3, 0.4) is 0 Å². The number of benzene rings is 2. The van der Waals surface area contributed by atoms with Gasteiger partial charge < -0.3 is 14.7 Å². The minimum absolute atomic E-state index is 0.0129. The Morgan fingerprint density at radius 3 is 2.34 bits per heavy atom. The fraction of sp³-hybridized carbons (Fsp3) is 0.458. The first-order valence-corrected chi connectivity index (χ1v) is 11.3. The van der Waals surface area contributed by atoms with Gasteiger partial charge in [-0.1, -0.05) is 17.7 Å². The van der Waals surface area contributed by atoms with Crippen LogP contribution in [0.25, 0.3) is 0 Å². The predicted molar refractivity (Wildman–Crippen MR) is 122 cm³/mol. The maximum Gasteiger partial charge on any atom is 0.416 e. The second kappa shape index (κ2) is 9.32. The third-order valence-electron chi connectivity index (χ3n) is 6.48. The van der Waals surface area contributed by atoms with E-state index in [1.807, 2.05) is 4.90 Å². The molecule has 1 amide bonds. The van der Waals surface area contributed by atoms with E-state index in [0.717, 1.165) is 38.1 Å². The average molecular weight is 466 g/mol. The molecule has 0 aliphatic carbocycles. The van der Waals surface area contributed by atoms with Gasteiger partial charge in [0.15, 0.2) is 0 Å². The number of likely N-dealkylation sites (tertiary alicyclic amines) is 1. The summed E-state index contributed by atoms with van der Waals surface area (Å²) in [5.74, 6) is -0.508. The van der Waals surface area contributed by atoms with Crippen molar-refractivity contribution in [2.45, 2.75) is 37.9 Å². The highest BCUT2D eigenvalue weighted by molar-refractivity contribution is 6.31. The van der Waals surface area contributed by atoms with E-state index in [1.165, 1.54) is 24.8 Å². The molecule has 0 bridgehead atoms. The predicted octanol–water partition coefficient (Wildman–Crippen LogP) is 5.70.